The molecule has 0 radical (unpaired) electrons. The summed E-state index contributed by atoms with van der Waals surface area (Å²) in [5, 5.41) is 21.7. The number of rotatable bonds is 10. The quantitative estimate of drug-likeness (QED) is 0.460. The summed E-state index contributed by atoms with van der Waals surface area (Å²) in [5.41, 5.74) is 0.775. The number of methoxy groups -OCH3 is 1. The average Bonchev–Trinajstić information content (AvgIpc) is 3.25. The van der Waals surface area contributed by atoms with E-state index in [0.29, 0.717) is 56.5 Å². The van der Waals surface area contributed by atoms with E-state index in [1.54, 1.807) is 13.3 Å². The molecule has 1 saturated heterocycles. The Balaban J connectivity index is 1.35. The fourth-order valence-electron chi connectivity index (χ4n) is 4.42. The van der Waals surface area contributed by atoms with E-state index >= 15 is 0 Å². The van der Waals surface area contributed by atoms with Crippen LogP contribution in [0.15, 0.2) is 54.9 Å². The van der Waals surface area contributed by atoms with Crippen LogP contribution in [0.5, 0.6) is 17.2 Å². The molecule has 8 heteroatoms. The molecule has 4 rings (SSSR count). The van der Waals surface area contributed by atoms with Crippen molar-refractivity contribution in [1.82, 2.24) is 14.5 Å². The molecule has 1 aliphatic rings. The van der Waals surface area contributed by atoms with Gasteiger partial charge in [0.1, 0.15) is 30.4 Å². The fourth-order valence-corrected chi connectivity index (χ4v) is 4.42. The lowest BCUT2D eigenvalue weighted by molar-refractivity contribution is -0.140. The molecule has 3 aromatic rings. The Morgan fingerprint density at radius 2 is 1.97 bits per heavy atom. The normalized spacial score (nSPS) is 20.5. The van der Waals surface area contributed by atoms with Gasteiger partial charge in [0.05, 0.1) is 19.8 Å². The van der Waals surface area contributed by atoms with Crippen LogP contribution in [0.3, 0.4) is 0 Å². The predicted octanol–water partition coefficient (Wildman–Crippen LogP) is 2.96. The molecule has 0 bridgehead atoms. The first-order chi connectivity index (χ1) is 16.9. The van der Waals surface area contributed by atoms with Crippen LogP contribution in [0.2, 0.25) is 0 Å². The van der Waals surface area contributed by atoms with Gasteiger partial charge in [0.25, 0.3) is 0 Å². The summed E-state index contributed by atoms with van der Waals surface area (Å²) >= 11 is 0. The fraction of sp³-hybridized carbons (Fsp3) is 0.444. The lowest BCUT2D eigenvalue weighted by atomic mass is 9.90. The van der Waals surface area contributed by atoms with Crippen LogP contribution in [-0.4, -0.2) is 69.8 Å². The number of aromatic nitrogens is 2. The van der Waals surface area contributed by atoms with Gasteiger partial charge in [-0.05, 0) is 55.7 Å². The van der Waals surface area contributed by atoms with Gasteiger partial charge in [-0.15, -0.1) is 0 Å². The van der Waals surface area contributed by atoms with Gasteiger partial charge >= 0.3 is 0 Å². The summed E-state index contributed by atoms with van der Waals surface area (Å²) in [5.74, 6) is 2.99. The van der Waals surface area contributed by atoms with E-state index in [9.17, 15) is 10.2 Å². The van der Waals surface area contributed by atoms with Crippen LogP contribution >= 0.6 is 0 Å². The Hall–Kier alpha value is -3.07. The second-order valence-electron chi connectivity index (χ2n) is 9.23. The van der Waals surface area contributed by atoms with Gasteiger partial charge in [0.2, 0.25) is 0 Å². The third kappa shape index (κ3) is 6.33. The van der Waals surface area contributed by atoms with Crippen molar-refractivity contribution in [1.29, 1.82) is 0 Å². The Morgan fingerprint density at radius 3 is 2.71 bits per heavy atom. The SMILES string of the molecule is COc1cc(CN2CC[C@H](O)[C@@](O)(COc3cccc(C)c3)C2)ccc1OCCn1ccnc1C. The minimum Gasteiger partial charge on any atom is -0.493 e. The predicted molar refractivity (Wildman–Crippen MR) is 133 cm³/mol. The highest BCUT2D eigenvalue weighted by atomic mass is 16.5. The van der Waals surface area contributed by atoms with Crippen molar-refractivity contribution in [3.63, 3.8) is 0 Å². The van der Waals surface area contributed by atoms with E-state index in [1.807, 2.05) is 67.1 Å². The van der Waals surface area contributed by atoms with Crippen molar-refractivity contribution in [2.24, 2.45) is 0 Å². The monoisotopic (exact) mass is 481 g/mol. The number of hydrogen-bond donors (Lipinski definition) is 2. The van der Waals surface area contributed by atoms with Gasteiger partial charge < -0.3 is 29.0 Å². The molecule has 2 heterocycles. The van der Waals surface area contributed by atoms with Crippen molar-refractivity contribution in [2.45, 2.75) is 45.1 Å². The number of hydrogen-bond acceptors (Lipinski definition) is 7. The third-order valence-corrected chi connectivity index (χ3v) is 6.46. The van der Waals surface area contributed by atoms with Crippen LogP contribution in [-0.2, 0) is 13.1 Å². The van der Waals surface area contributed by atoms with E-state index < -0.39 is 11.7 Å². The first-order valence-corrected chi connectivity index (χ1v) is 12.0. The third-order valence-electron chi connectivity index (χ3n) is 6.46. The van der Waals surface area contributed by atoms with Gasteiger partial charge in [-0.25, -0.2) is 4.98 Å². The molecule has 1 aromatic heterocycles. The maximum absolute atomic E-state index is 11.2. The largest absolute Gasteiger partial charge is 0.493 e. The average molecular weight is 482 g/mol. The number of ether oxygens (including phenoxy) is 3. The first kappa shape index (κ1) is 25.0. The number of imidazole rings is 1. The molecule has 0 saturated carbocycles. The minimum absolute atomic E-state index is 0.0284. The molecule has 0 amide bonds. The van der Waals surface area contributed by atoms with Gasteiger partial charge in [0, 0.05) is 32.0 Å². The van der Waals surface area contributed by atoms with Crippen molar-refractivity contribution in [3.8, 4) is 17.2 Å². The molecule has 35 heavy (non-hydrogen) atoms. The van der Waals surface area contributed by atoms with E-state index in [-0.39, 0.29) is 6.61 Å². The smallest absolute Gasteiger partial charge is 0.161 e. The number of β-amino-alcohol motifs (C(OH)–C–C–N with tert-alkyl or cyclic N) is 1. The number of piperidine rings is 1. The number of nitrogens with zero attached hydrogens (tertiary/aromatic N) is 3. The summed E-state index contributed by atoms with van der Waals surface area (Å²) < 4.78 is 19.4. The van der Waals surface area contributed by atoms with Crippen LogP contribution in [0.25, 0.3) is 0 Å². The van der Waals surface area contributed by atoms with E-state index in [4.69, 9.17) is 14.2 Å². The van der Waals surface area contributed by atoms with Crippen molar-refractivity contribution in [3.05, 3.63) is 71.8 Å². The highest BCUT2D eigenvalue weighted by Crippen LogP contribution is 2.30. The van der Waals surface area contributed by atoms with Gasteiger partial charge in [0.15, 0.2) is 11.5 Å². The van der Waals surface area contributed by atoms with E-state index in [0.717, 1.165) is 17.0 Å². The Kier molecular flexibility index (Phi) is 7.95. The van der Waals surface area contributed by atoms with Crippen molar-refractivity contribution >= 4 is 0 Å². The number of benzene rings is 2. The number of aliphatic hydroxyl groups excluding tert-OH is 1. The lowest BCUT2D eigenvalue weighted by Crippen LogP contribution is -2.59. The molecular formula is C27H35N3O5. The Morgan fingerprint density at radius 1 is 1.11 bits per heavy atom. The van der Waals surface area contributed by atoms with E-state index in [2.05, 4.69) is 9.88 Å². The van der Waals surface area contributed by atoms with Gasteiger partial charge in [-0.1, -0.05) is 18.2 Å². The summed E-state index contributed by atoms with van der Waals surface area (Å²) in [6.07, 6.45) is 3.34. The molecule has 2 N–H and O–H groups in total. The molecule has 2 atom stereocenters. The second kappa shape index (κ2) is 11.1. The van der Waals surface area contributed by atoms with Gasteiger partial charge in [-0.3, -0.25) is 4.90 Å². The second-order valence-corrected chi connectivity index (χ2v) is 9.23. The molecule has 0 spiro atoms. The molecule has 0 unspecified atom stereocenters. The van der Waals surface area contributed by atoms with Crippen molar-refractivity contribution in [2.75, 3.05) is 33.4 Å². The number of likely N-dealkylation sites (tertiary alicyclic amines) is 1. The summed E-state index contributed by atoms with van der Waals surface area (Å²) in [6, 6.07) is 13.6. The molecule has 8 nitrogen and oxygen atoms in total. The summed E-state index contributed by atoms with van der Waals surface area (Å²) in [7, 11) is 1.63. The van der Waals surface area contributed by atoms with Crippen LogP contribution in [0.4, 0.5) is 0 Å². The molecule has 2 aromatic carbocycles. The zero-order valence-electron chi connectivity index (χ0n) is 20.7. The highest BCUT2D eigenvalue weighted by molar-refractivity contribution is 5.43. The van der Waals surface area contributed by atoms with Crippen LogP contribution in [0.1, 0.15) is 23.4 Å². The standard InChI is InChI=1S/C27H35N3O5/c1-20-5-4-6-23(15-20)35-19-27(32)18-29(11-9-26(27)31)17-22-7-8-24(25(16-22)33-3)34-14-13-30-12-10-28-21(30)2/h4-8,10,12,15-16,26,31-32H,9,11,13-14,17-19H2,1-3H3/t26-,27-/m0/s1. The summed E-state index contributed by atoms with van der Waals surface area (Å²) in [4.78, 5) is 6.35. The molecule has 1 fully saturated rings. The first-order valence-electron chi connectivity index (χ1n) is 12.0. The number of aryl methyl sites for hydroxylation is 2. The number of aliphatic hydroxyl groups is 2. The van der Waals surface area contributed by atoms with Crippen LogP contribution in [0, 0.1) is 13.8 Å². The topological polar surface area (TPSA) is 89.2 Å². The zero-order valence-corrected chi connectivity index (χ0v) is 20.7. The Labute approximate surface area is 206 Å². The van der Waals surface area contributed by atoms with Gasteiger partial charge in [-0.2, -0.15) is 0 Å². The maximum atomic E-state index is 11.2. The lowest BCUT2D eigenvalue weighted by Gasteiger charge is -2.42. The zero-order chi connectivity index (χ0) is 24.8. The minimum atomic E-state index is -1.35. The highest BCUT2D eigenvalue weighted by Gasteiger charge is 2.42. The Bertz CT molecular complexity index is 1120. The van der Waals surface area contributed by atoms with Crippen molar-refractivity contribution < 1.29 is 24.4 Å². The maximum Gasteiger partial charge on any atom is 0.161 e. The van der Waals surface area contributed by atoms with E-state index in [1.165, 1.54) is 0 Å². The van der Waals surface area contributed by atoms with Crippen LogP contribution < -0.4 is 14.2 Å². The molecule has 188 valence electrons. The summed E-state index contributed by atoms with van der Waals surface area (Å²) in [6.45, 7) is 6.80. The molecular weight excluding hydrogens is 446 g/mol. The molecule has 0 aliphatic carbocycles. The molecule has 1 aliphatic heterocycles.